The Hall–Kier alpha value is -8.11. The van der Waals surface area contributed by atoms with Crippen LogP contribution in [0, 0.1) is 0 Å². The van der Waals surface area contributed by atoms with E-state index in [1.165, 1.54) is 38.5 Å². The van der Waals surface area contributed by atoms with Crippen LogP contribution in [0.1, 0.15) is 33.6 Å². The molecule has 0 saturated heterocycles. The Kier molecular flexibility index (Phi) is 7.64. The third-order valence-electron chi connectivity index (χ3n) is 12.2. The molecule has 0 unspecified atom stereocenters. The summed E-state index contributed by atoms with van der Waals surface area (Å²) < 4.78 is 7.41. The maximum Gasteiger partial charge on any atom is 0.332 e. The number of nitrogens with zero attached hydrogens (tertiary/aromatic N) is 5. The van der Waals surface area contributed by atoms with Gasteiger partial charge in [0.15, 0.2) is 0 Å². The van der Waals surface area contributed by atoms with Crippen molar-refractivity contribution in [2.75, 3.05) is 4.90 Å². The average Bonchev–Trinajstić information content (AvgIpc) is 3.79. The molecule has 0 spiro atoms. The number of fused-ring (bicyclic) bond motifs is 6. The minimum Gasteiger partial charge on any atom is -0.309 e. The van der Waals surface area contributed by atoms with Crippen LogP contribution in [0.15, 0.2) is 219 Å². The summed E-state index contributed by atoms with van der Waals surface area (Å²) in [6, 6.07) is 73.3. The largest absolute Gasteiger partial charge is 0.332 e. The fourth-order valence-electron chi connectivity index (χ4n) is 9.54. The third kappa shape index (κ3) is 5.04. The molecule has 2 aliphatic rings. The van der Waals surface area contributed by atoms with Gasteiger partial charge in [-0.25, -0.2) is 4.67 Å². The maximum absolute atomic E-state index is 5.05. The maximum atomic E-state index is 5.05. The van der Waals surface area contributed by atoms with Gasteiger partial charge in [-0.15, -0.1) is 0 Å². The number of benzene rings is 7. The predicted octanol–water partition coefficient (Wildman–Crippen LogP) is 11.4. The lowest BCUT2D eigenvalue weighted by Crippen LogP contribution is -2.49. The van der Waals surface area contributed by atoms with Gasteiger partial charge in [-0.2, -0.15) is 4.90 Å². The summed E-state index contributed by atoms with van der Waals surface area (Å²) in [4.78, 5) is 12.4. The topological polar surface area (TPSA) is 48.1 Å². The molecule has 0 N–H and O–H groups in total. The number of rotatable bonds is 7. The monoisotopic (exact) mass is 766 g/mol. The average molecular weight is 767 g/mol. The Balaban J connectivity index is 0.966. The van der Waals surface area contributed by atoms with E-state index in [2.05, 4.69) is 191 Å². The van der Waals surface area contributed by atoms with Crippen molar-refractivity contribution < 1.29 is 0 Å². The van der Waals surface area contributed by atoms with E-state index in [9.17, 15) is 0 Å². The molecule has 10 aromatic rings. The van der Waals surface area contributed by atoms with Crippen LogP contribution in [0.4, 0.5) is 5.69 Å². The van der Waals surface area contributed by atoms with E-state index >= 15 is 0 Å². The van der Waals surface area contributed by atoms with Crippen LogP contribution in [0.2, 0.25) is 0 Å². The lowest BCUT2D eigenvalue weighted by atomic mass is 9.72. The minimum atomic E-state index is -0.691. The van der Waals surface area contributed by atoms with Crippen molar-refractivity contribution in [3.05, 3.63) is 252 Å². The molecule has 0 saturated carbocycles. The molecule has 0 fully saturated rings. The SMILES string of the molecule is c1ccc(C2=[N+]=C(c3ccccc3)N2c2ccc(-c3ccc(-n4c5ccccc5c5cc6c(cc54)C(c4ccccn4)(c4ccccn4)c4ccccc4-6)cc3)cc2)cc1. The zero-order chi connectivity index (χ0) is 39.6. The van der Waals surface area contributed by atoms with E-state index in [1.54, 1.807) is 0 Å². The van der Waals surface area contributed by atoms with Crippen molar-refractivity contribution in [2.45, 2.75) is 5.41 Å². The second kappa shape index (κ2) is 13.5. The number of hydrogen-bond acceptors (Lipinski definition) is 3. The van der Waals surface area contributed by atoms with Gasteiger partial charge in [-0.05, 0) is 124 Å². The van der Waals surface area contributed by atoms with E-state index < -0.39 is 5.41 Å². The van der Waals surface area contributed by atoms with Gasteiger partial charge in [-0.3, -0.25) is 9.97 Å². The van der Waals surface area contributed by atoms with Crippen LogP contribution >= 0.6 is 0 Å². The first kappa shape index (κ1) is 34.0. The van der Waals surface area contributed by atoms with Gasteiger partial charge in [0.2, 0.25) is 0 Å². The fourth-order valence-corrected chi connectivity index (χ4v) is 9.54. The van der Waals surface area contributed by atoms with Crippen molar-refractivity contribution in [3.63, 3.8) is 0 Å². The van der Waals surface area contributed by atoms with Gasteiger partial charge in [0.25, 0.3) is 0 Å². The van der Waals surface area contributed by atoms with Gasteiger partial charge in [-0.1, -0.05) is 115 Å². The summed E-state index contributed by atoms with van der Waals surface area (Å²) >= 11 is 0. The number of para-hydroxylation sites is 1. The van der Waals surface area contributed by atoms with Crippen LogP contribution in [0.3, 0.4) is 0 Å². The highest BCUT2D eigenvalue weighted by Crippen LogP contribution is 2.56. The molecule has 280 valence electrons. The standard InChI is InChI=1S/C55H36N5/c1-3-15-39(16-4-1)53-58-54(40-17-5-2-6-18-40)60(53)42-31-27-38(28-32-42)37-25-29-41(30-26-37)59-49-22-10-8-20-44(49)46-35-45-43-19-7-9-21-47(43)55(48(45)36-50(46)59,51-23-11-13-33-56-51)52-24-12-14-34-57-52/h1-36H/q+1. The first-order valence-electron chi connectivity index (χ1n) is 20.4. The molecule has 5 nitrogen and oxygen atoms in total. The van der Waals surface area contributed by atoms with Crippen LogP contribution in [-0.4, -0.2) is 26.2 Å². The summed E-state index contributed by atoms with van der Waals surface area (Å²) in [5.41, 5.74) is 15.0. The lowest BCUT2D eigenvalue weighted by molar-refractivity contribution is 0.706. The van der Waals surface area contributed by atoms with Crippen molar-refractivity contribution >= 4 is 39.2 Å². The van der Waals surface area contributed by atoms with Gasteiger partial charge in [0.05, 0.1) is 33.5 Å². The summed E-state index contributed by atoms with van der Waals surface area (Å²) in [5, 5.41) is 2.43. The molecule has 0 amide bonds. The van der Waals surface area contributed by atoms with Crippen LogP contribution in [0.25, 0.3) is 49.7 Å². The number of anilines is 1. The zero-order valence-corrected chi connectivity index (χ0v) is 32.5. The van der Waals surface area contributed by atoms with Crippen LogP contribution in [0.5, 0.6) is 0 Å². The molecule has 0 atom stereocenters. The Bertz CT molecular complexity index is 3220. The summed E-state index contributed by atoms with van der Waals surface area (Å²) in [7, 11) is 0. The van der Waals surface area contributed by atoms with Gasteiger partial charge >= 0.3 is 11.7 Å². The molecule has 4 heterocycles. The van der Waals surface area contributed by atoms with E-state index in [0.29, 0.717) is 0 Å². The first-order valence-corrected chi connectivity index (χ1v) is 20.4. The number of amidine groups is 2. The Labute approximate surface area is 347 Å². The van der Waals surface area contributed by atoms with Gasteiger partial charge in [0, 0.05) is 28.9 Å². The molecule has 12 rings (SSSR count). The molecule has 60 heavy (non-hydrogen) atoms. The summed E-state index contributed by atoms with van der Waals surface area (Å²) in [5.74, 6) is 1.90. The predicted molar refractivity (Wildman–Crippen MR) is 245 cm³/mol. The number of pyridine rings is 2. The molecule has 0 radical (unpaired) electrons. The second-order valence-corrected chi connectivity index (χ2v) is 15.4. The van der Waals surface area contributed by atoms with Crippen molar-refractivity contribution in [3.8, 4) is 27.9 Å². The first-order chi connectivity index (χ1) is 29.8. The zero-order valence-electron chi connectivity index (χ0n) is 32.5. The highest BCUT2D eigenvalue weighted by Gasteiger charge is 2.48. The van der Waals surface area contributed by atoms with E-state index in [-0.39, 0.29) is 0 Å². The normalized spacial score (nSPS) is 13.7. The van der Waals surface area contributed by atoms with Crippen LogP contribution < -0.4 is 9.57 Å². The summed E-state index contributed by atoms with van der Waals surface area (Å²) in [6.45, 7) is 0. The van der Waals surface area contributed by atoms with Crippen LogP contribution in [-0.2, 0) is 5.41 Å². The molecular weight excluding hydrogens is 731 g/mol. The number of aromatic nitrogens is 3. The highest BCUT2D eigenvalue weighted by molar-refractivity contribution is 6.35. The Morgan fingerprint density at radius 1 is 0.383 bits per heavy atom. The molecule has 0 bridgehead atoms. The van der Waals surface area contributed by atoms with E-state index in [1.807, 2.05) is 36.7 Å². The molecular formula is C55H36N5+. The third-order valence-corrected chi connectivity index (χ3v) is 12.2. The molecule has 3 aromatic heterocycles. The van der Waals surface area contributed by atoms with Gasteiger partial charge < -0.3 is 4.57 Å². The molecule has 7 aromatic carbocycles. The molecule has 5 heteroatoms. The minimum absolute atomic E-state index is 0.691. The van der Waals surface area contributed by atoms with Crippen molar-refractivity contribution in [1.82, 2.24) is 19.2 Å². The fraction of sp³-hybridized carbons (Fsp3) is 0.0182. The Morgan fingerprint density at radius 3 is 1.55 bits per heavy atom. The molecule has 1 aliphatic carbocycles. The quantitative estimate of drug-likeness (QED) is 0.152. The van der Waals surface area contributed by atoms with Crippen molar-refractivity contribution in [2.24, 2.45) is 0 Å². The number of hydrogen-bond donors (Lipinski definition) is 0. The van der Waals surface area contributed by atoms with Gasteiger partial charge in [0.1, 0.15) is 11.1 Å². The van der Waals surface area contributed by atoms with Crippen molar-refractivity contribution in [1.29, 1.82) is 0 Å². The highest BCUT2D eigenvalue weighted by atomic mass is 15.3. The van der Waals surface area contributed by atoms with E-state index in [4.69, 9.17) is 14.6 Å². The van der Waals surface area contributed by atoms with E-state index in [0.717, 1.165) is 62.2 Å². The second-order valence-electron chi connectivity index (χ2n) is 15.4. The smallest absolute Gasteiger partial charge is 0.309 e. The summed E-state index contributed by atoms with van der Waals surface area (Å²) in [6.07, 6.45) is 3.79. The Morgan fingerprint density at radius 2 is 0.933 bits per heavy atom. The lowest BCUT2D eigenvalue weighted by Gasteiger charge is -2.31. The molecule has 1 aliphatic heterocycles.